The van der Waals surface area contributed by atoms with Crippen LogP contribution in [0.25, 0.3) is 0 Å². The molecule has 1 heterocycles. The summed E-state index contributed by atoms with van der Waals surface area (Å²) in [5.74, 6) is 2.41. The maximum Gasteiger partial charge on any atom is 0.0195 e. The molecule has 102 valence electrons. The van der Waals surface area contributed by atoms with Crippen LogP contribution in [0.15, 0.2) is 0 Å². The van der Waals surface area contributed by atoms with Crippen LogP contribution in [0.1, 0.15) is 47.5 Å². The van der Waals surface area contributed by atoms with Gasteiger partial charge in [0, 0.05) is 19.1 Å². The van der Waals surface area contributed by atoms with Crippen molar-refractivity contribution < 1.29 is 0 Å². The molecule has 1 aliphatic rings. The molecule has 1 N–H and O–H groups in total. The van der Waals surface area contributed by atoms with Gasteiger partial charge in [-0.15, -0.1) is 0 Å². The van der Waals surface area contributed by atoms with E-state index in [2.05, 4.69) is 44.8 Å². The number of nitrogens with one attached hydrogen (secondary N) is 1. The van der Waals surface area contributed by atoms with Gasteiger partial charge in [0.15, 0.2) is 0 Å². The molecule has 0 aliphatic carbocycles. The molecule has 0 spiro atoms. The van der Waals surface area contributed by atoms with Gasteiger partial charge in [-0.05, 0) is 43.7 Å². The predicted octanol–water partition coefficient (Wildman–Crippen LogP) is 2.99. The number of hydrogen-bond acceptors (Lipinski definition) is 2. The first-order valence-electron chi connectivity index (χ1n) is 7.50. The van der Waals surface area contributed by atoms with E-state index in [0.717, 1.165) is 23.8 Å². The summed E-state index contributed by atoms with van der Waals surface area (Å²) in [5, 5.41) is 3.61. The van der Waals surface area contributed by atoms with E-state index in [1.807, 2.05) is 0 Å². The lowest BCUT2D eigenvalue weighted by Crippen LogP contribution is -2.41. The fraction of sp³-hybridized carbons (Fsp3) is 1.00. The minimum Gasteiger partial charge on any atom is -0.313 e. The van der Waals surface area contributed by atoms with E-state index < -0.39 is 0 Å². The summed E-state index contributed by atoms with van der Waals surface area (Å²) < 4.78 is 0. The monoisotopic (exact) mass is 240 g/mol. The van der Waals surface area contributed by atoms with Crippen LogP contribution in [0.4, 0.5) is 0 Å². The first-order valence-corrected chi connectivity index (χ1v) is 7.50. The molecule has 1 unspecified atom stereocenters. The van der Waals surface area contributed by atoms with E-state index in [4.69, 9.17) is 0 Å². The first-order chi connectivity index (χ1) is 8.04. The van der Waals surface area contributed by atoms with E-state index in [-0.39, 0.29) is 0 Å². The minimum atomic E-state index is 0.745. The molecule has 1 fully saturated rings. The molecule has 2 heteroatoms. The third-order valence-corrected chi connectivity index (χ3v) is 4.27. The lowest BCUT2D eigenvalue weighted by atomic mass is 9.85. The Hall–Kier alpha value is -0.0800. The Kier molecular flexibility index (Phi) is 6.50. The van der Waals surface area contributed by atoms with Crippen molar-refractivity contribution in [3.63, 3.8) is 0 Å². The van der Waals surface area contributed by atoms with Crippen LogP contribution < -0.4 is 5.32 Å². The zero-order valence-corrected chi connectivity index (χ0v) is 12.5. The molecule has 0 aromatic rings. The van der Waals surface area contributed by atoms with E-state index in [1.165, 1.54) is 39.0 Å². The number of nitrogens with zero attached hydrogens (tertiary/aromatic N) is 1. The summed E-state index contributed by atoms with van der Waals surface area (Å²) in [6.07, 6.45) is 2.73. The average Bonchev–Trinajstić information content (AvgIpc) is 2.75. The molecule has 0 radical (unpaired) electrons. The van der Waals surface area contributed by atoms with Crippen molar-refractivity contribution in [1.82, 2.24) is 10.2 Å². The molecular formula is C15H32N2. The van der Waals surface area contributed by atoms with Crippen LogP contribution in [0.2, 0.25) is 0 Å². The normalized spacial score (nSPS) is 21.4. The molecule has 1 rings (SSSR count). The van der Waals surface area contributed by atoms with Gasteiger partial charge in [0.1, 0.15) is 0 Å². The molecule has 0 aromatic heterocycles. The smallest absolute Gasteiger partial charge is 0.0195 e. The van der Waals surface area contributed by atoms with E-state index in [9.17, 15) is 0 Å². The number of hydrogen-bond donors (Lipinski definition) is 1. The van der Waals surface area contributed by atoms with Gasteiger partial charge in [0.2, 0.25) is 0 Å². The van der Waals surface area contributed by atoms with Crippen LogP contribution in [-0.4, -0.2) is 37.1 Å². The highest BCUT2D eigenvalue weighted by atomic mass is 15.2. The topological polar surface area (TPSA) is 15.3 Å². The fourth-order valence-corrected chi connectivity index (χ4v) is 3.05. The Morgan fingerprint density at radius 2 is 1.82 bits per heavy atom. The van der Waals surface area contributed by atoms with Crippen molar-refractivity contribution in [1.29, 1.82) is 0 Å². The summed E-state index contributed by atoms with van der Waals surface area (Å²) >= 11 is 0. The van der Waals surface area contributed by atoms with Gasteiger partial charge in [0.05, 0.1) is 0 Å². The van der Waals surface area contributed by atoms with Crippen molar-refractivity contribution >= 4 is 0 Å². The third kappa shape index (κ3) is 4.97. The molecular weight excluding hydrogens is 208 g/mol. The molecule has 17 heavy (non-hydrogen) atoms. The summed E-state index contributed by atoms with van der Waals surface area (Å²) in [6.45, 7) is 16.7. The third-order valence-electron chi connectivity index (χ3n) is 4.27. The van der Waals surface area contributed by atoms with Gasteiger partial charge in [-0.1, -0.05) is 34.6 Å². The number of likely N-dealkylation sites (N-methyl/N-ethyl adjacent to an activating group) is 1. The second-order valence-corrected chi connectivity index (χ2v) is 6.30. The van der Waals surface area contributed by atoms with E-state index >= 15 is 0 Å². The van der Waals surface area contributed by atoms with Gasteiger partial charge >= 0.3 is 0 Å². The SMILES string of the molecule is CCN(CC1CCCN1)CC(C(C)C)C(C)C. The molecule has 1 atom stereocenters. The van der Waals surface area contributed by atoms with Gasteiger partial charge in [-0.3, -0.25) is 0 Å². The van der Waals surface area contributed by atoms with Crippen molar-refractivity contribution in [2.45, 2.75) is 53.5 Å². The van der Waals surface area contributed by atoms with E-state index in [1.54, 1.807) is 0 Å². The Bertz CT molecular complexity index is 187. The lowest BCUT2D eigenvalue weighted by Gasteiger charge is -2.32. The van der Waals surface area contributed by atoms with Crippen LogP contribution >= 0.6 is 0 Å². The van der Waals surface area contributed by atoms with Crippen LogP contribution in [0.3, 0.4) is 0 Å². The Morgan fingerprint density at radius 1 is 1.18 bits per heavy atom. The maximum absolute atomic E-state index is 3.61. The zero-order valence-electron chi connectivity index (χ0n) is 12.5. The molecule has 0 amide bonds. The standard InChI is InChI=1S/C15H32N2/c1-6-17(10-14-8-7-9-16-14)11-15(12(2)3)13(4)5/h12-16H,6-11H2,1-5H3. The lowest BCUT2D eigenvalue weighted by molar-refractivity contribution is 0.162. The predicted molar refractivity (Wildman–Crippen MR) is 76.3 cm³/mol. The Balaban J connectivity index is 2.43. The molecule has 1 saturated heterocycles. The summed E-state index contributed by atoms with van der Waals surface area (Å²) in [4.78, 5) is 2.65. The minimum absolute atomic E-state index is 0.745. The quantitative estimate of drug-likeness (QED) is 0.736. The molecule has 0 bridgehead atoms. The van der Waals surface area contributed by atoms with E-state index in [0.29, 0.717) is 0 Å². The Labute approximate surface area is 108 Å². The maximum atomic E-state index is 3.61. The Morgan fingerprint density at radius 3 is 2.24 bits per heavy atom. The first kappa shape index (κ1) is 15.0. The second-order valence-electron chi connectivity index (χ2n) is 6.30. The number of rotatable bonds is 7. The zero-order chi connectivity index (χ0) is 12.8. The van der Waals surface area contributed by atoms with Crippen molar-refractivity contribution in [2.24, 2.45) is 17.8 Å². The fourth-order valence-electron chi connectivity index (χ4n) is 3.05. The largest absolute Gasteiger partial charge is 0.313 e. The summed E-state index contributed by atoms with van der Waals surface area (Å²) in [6, 6.07) is 0.745. The summed E-state index contributed by atoms with van der Waals surface area (Å²) in [7, 11) is 0. The van der Waals surface area contributed by atoms with Crippen molar-refractivity contribution in [3.05, 3.63) is 0 Å². The van der Waals surface area contributed by atoms with Crippen molar-refractivity contribution in [2.75, 3.05) is 26.2 Å². The average molecular weight is 240 g/mol. The molecule has 1 aliphatic heterocycles. The van der Waals surface area contributed by atoms with Crippen LogP contribution in [-0.2, 0) is 0 Å². The van der Waals surface area contributed by atoms with Crippen LogP contribution in [0, 0.1) is 17.8 Å². The summed E-state index contributed by atoms with van der Waals surface area (Å²) in [5.41, 5.74) is 0. The molecule has 2 nitrogen and oxygen atoms in total. The van der Waals surface area contributed by atoms with Gasteiger partial charge in [-0.25, -0.2) is 0 Å². The highest BCUT2D eigenvalue weighted by Gasteiger charge is 2.23. The van der Waals surface area contributed by atoms with Gasteiger partial charge in [-0.2, -0.15) is 0 Å². The molecule has 0 aromatic carbocycles. The van der Waals surface area contributed by atoms with Gasteiger partial charge < -0.3 is 10.2 Å². The van der Waals surface area contributed by atoms with Gasteiger partial charge in [0.25, 0.3) is 0 Å². The molecule has 0 saturated carbocycles. The highest BCUT2D eigenvalue weighted by Crippen LogP contribution is 2.22. The van der Waals surface area contributed by atoms with Crippen LogP contribution in [0.5, 0.6) is 0 Å². The second kappa shape index (κ2) is 7.38. The van der Waals surface area contributed by atoms with Crippen molar-refractivity contribution in [3.8, 4) is 0 Å². The highest BCUT2D eigenvalue weighted by molar-refractivity contribution is 4.79.